The van der Waals surface area contributed by atoms with E-state index < -0.39 is 0 Å². The highest BCUT2D eigenvalue weighted by molar-refractivity contribution is 5.77. The Labute approximate surface area is 177 Å². The molecule has 31 heavy (non-hydrogen) atoms. The third-order valence-corrected chi connectivity index (χ3v) is 5.22. The van der Waals surface area contributed by atoms with Gasteiger partial charge in [0.15, 0.2) is 11.3 Å². The molecule has 0 saturated carbocycles. The van der Waals surface area contributed by atoms with Crippen molar-refractivity contribution in [1.82, 2.24) is 28.7 Å². The van der Waals surface area contributed by atoms with Crippen LogP contribution in [0.2, 0.25) is 0 Å². The predicted octanol–water partition coefficient (Wildman–Crippen LogP) is 2.76. The van der Waals surface area contributed by atoms with Crippen LogP contribution < -0.4 is 10.4 Å². The van der Waals surface area contributed by atoms with Gasteiger partial charge in [0.1, 0.15) is 11.3 Å². The number of aromatic nitrogens is 6. The quantitative estimate of drug-likeness (QED) is 0.445. The Kier molecular flexibility index (Phi) is 5.04. The smallest absolute Gasteiger partial charge is 0.334 e. The third kappa shape index (κ3) is 3.15. The maximum atomic E-state index is 13.0. The summed E-state index contributed by atoms with van der Waals surface area (Å²) in [6.45, 7) is 4.53. The van der Waals surface area contributed by atoms with Crippen LogP contribution >= 0.6 is 0 Å². The predicted molar refractivity (Wildman–Crippen MR) is 118 cm³/mol. The van der Waals surface area contributed by atoms with E-state index in [-0.39, 0.29) is 11.2 Å². The SMILES string of the molecule is CCn1c(=O)n(-c2ccc(Oc3nc4cccnc4n3C)cc2)c2nccc(C)c21.O. The minimum absolute atomic E-state index is 0. The van der Waals surface area contributed by atoms with Crippen LogP contribution in [-0.4, -0.2) is 34.1 Å². The van der Waals surface area contributed by atoms with Gasteiger partial charge in [0.2, 0.25) is 0 Å². The second-order valence-electron chi connectivity index (χ2n) is 7.06. The molecule has 2 N–H and O–H groups in total. The Bertz CT molecular complexity index is 1450. The van der Waals surface area contributed by atoms with Crippen LogP contribution in [0.5, 0.6) is 11.8 Å². The first-order chi connectivity index (χ1) is 14.6. The van der Waals surface area contributed by atoms with Crippen molar-refractivity contribution in [2.45, 2.75) is 20.4 Å². The molecular weight excluding hydrogens is 396 g/mol. The van der Waals surface area contributed by atoms with E-state index in [1.54, 1.807) is 26.1 Å². The van der Waals surface area contributed by atoms with Crippen LogP contribution in [-0.2, 0) is 13.6 Å². The minimum Gasteiger partial charge on any atom is -0.425 e. The van der Waals surface area contributed by atoms with Crippen molar-refractivity contribution in [3.63, 3.8) is 0 Å². The topological polar surface area (TPSA) is 111 Å². The average molecular weight is 418 g/mol. The summed E-state index contributed by atoms with van der Waals surface area (Å²) in [5.41, 5.74) is 4.68. The number of benzene rings is 1. The molecule has 4 aromatic heterocycles. The largest absolute Gasteiger partial charge is 0.425 e. The highest BCUT2D eigenvalue weighted by Crippen LogP contribution is 2.25. The van der Waals surface area contributed by atoms with Crippen LogP contribution in [0.1, 0.15) is 12.5 Å². The fourth-order valence-electron chi connectivity index (χ4n) is 3.73. The fraction of sp³-hybridized carbons (Fsp3) is 0.182. The summed E-state index contributed by atoms with van der Waals surface area (Å²) in [4.78, 5) is 26.3. The Morgan fingerprint density at radius 2 is 1.74 bits per heavy atom. The number of fused-ring (bicyclic) bond motifs is 2. The number of aryl methyl sites for hydroxylation is 3. The molecule has 0 saturated heterocycles. The molecule has 0 unspecified atom stereocenters. The molecule has 0 aliphatic rings. The molecule has 0 aliphatic carbocycles. The van der Waals surface area contributed by atoms with Gasteiger partial charge in [0.05, 0.1) is 11.2 Å². The zero-order chi connectivity index (χ0) is 20.8. The zero-order valence-corrected chi connectivity index (χ0v) is 17.4. The van der Waals surface area contributed by atoms with E-state index in [1.807, 2.05) is 63.4 Å². The number of imidazole rings is 2. The monoisotopic (exact) mass is 418 g/mol. The van der Waals surface area contributed by atoms with Crippen molar-refractivity contribution in [2.75, 3.05) is 0 Å². The maximum absolute atomic E-state index is 13.0. The third-order valence-electron chi connectivity index (χ3n) is 5.22. The molecule has 0 spiro atoms. The Morgan fingerprint density at radius 3 is 2.45 bits per heavy atom. The summed E-state index contributed by atoms with van der Waals surface area (Å²) < 4.78 is 11.1. The Hall–Kier alpha value is -3.98. The van der Waals surface area contributed by atoms with E-state index in [2.05, 4.69) is 15.0 Å². The molecule has 0 bridgehead atoms. The lowest BCUT2D eigenvalue weighted by Crippen LogP contribution is -2.22. The molecular formula is C22H22N6O3. The molecule has 9 nitrogen and oxygen atoms in total. The van der Waals surface area contributed by atoms with Crippen LogP contribution in [0.4, 0.5) is 0 Å². The second-order valence-corrected chi connectivity index (χ2v) is 7.06. The highest BCUT2D eigenvalue weighted by Gasteiger charge is 2.17. The molecule has 1 aromatic carbocycles. The van der Waals surface area contributed by atoms with Gasteiger partial charge < -0.3 is 10.2 Å². The zero-order valence-electron chi connectivity index (χ0n) is 17.4. The van der Waals surface area contributed by atoms with E-state index in [0.29, 0.717) is 24.0 Å². The van der Waals surface area contributed by atoms with E-state index in [4.69, 9.17) is 4.74 Å². The second kappa shape index (κ2) is 7.69. The molecule has 0 amide bonds. The lowest BCUT2D eigenvalue weighted by molar-refractivity contribution is 0.427. The molecule has 4 heterocycles. The maximum Gasteiger partial charge on any atom is 0.334 e. The number of pyridine rings is 2. The fourth-order valence-corrected chi connectivity index (χ4v) is 3.73. The van der Waals surface area contributed by atoms with Gasteiger partial charge >= 0.3 is 11.7 Å². The lowest BCUT2D eigenvalue weighted by atomic mass is 10.2. The summed E-state index contributed by atoms with van der Waals surface area (Å²) in [6, 6.07) is 13.4. The van der Waals surface area contributed by atoms with Gasteiger partial charge in [0, 0.05) is 26.0 Å². The van der Waals surface area contributed by atoms with Crippen molar-refractivity contribution in [2.24, 2.45) is 7.05 Å². The van der Waals surface area contributed by atoms with E-state index in [9.17, 15) is 4.79 Å². The summed E-state index contributed by atoms with van der Waals surface area (Å²) in [7, 11) is 1.86. The average Bonchev–Trinajstić information content (AvgIpc) is 3.23. The summed E-state index contributed by atoms with van der Waals surface area (Å²) in [6.07, 6.45) is 3.45. The molecule has 0 atom stereocenters. The van der Waals surface area contributed by atoms with Crippen LogP contribution in [0.15, 0.2) is 59.7 Å². The van der Waals surface area contributed by atoms with E-state index >= 15 is 0 Å². The van der Waals surface area contributed by atoms with Gasteiger partial charge in [-0.05, 0) is 61.9 Å². The molecule has 158 valence electrons. The summed E-state index contributed by atoms with van der Waals surface area (Å²) >= 11 is 0. The van der Waals surface area contributed by atoms with Crippen molar-refractivity contribution in [3.05, 3.63) is 70.9 Å². The van der Waals surface area contributed by atoms with Gasteiger partial charge in [-0.15, -0.1) is 0 Å². The number of ether oxygens (including phenoxy) is 1. The van der Waals surface area contributed by atoms with Crippen LogP contribution in [0.3, 0.4) is 0 Å². The molecule has 5 aromatic rings. The number of hydrogen-bond acceptors (Lipinski definition) is 5. The molecule has 0 fully saturated rings. The minimum atomic E-state index is -0.107. The van der Waals surface area contributed by atoms with Gasteiger partial charge in [-0.3, -0.25) is 9.13 Å². The van der Waals surface area contributed by atoms with E-state index in [1.165, 1.54) is 0 Å². The standard InChI is InChI=1S/C22H20N6O2.H2O/c1-4-27-18-14(2)11-13-24-20(18)28(22(27)29)15-7-9-16(10-8-15)30-21-25-17-6-5-12-23-19(17)26(21)3;/h5-13H,4H2,1-3H3;1H2. The summed E-state index contributed by atoms with van der Waals surface area (Å²) in [5.74, 6) is 0.619. The first-order valence-electron chi connectivity index (χ1n) is 9.71. The molecule has 0 radical (unpaired) electrons. The van der Waals surface area contributed by atoms with Crippen LogP contribution in [0.25, 0.3) is 28.0 Å². The number of nitrogens with zero attached hydrogens (tertiary/aromatic N) is 6. The highest BCUT2D eigenvalue weighted by atomic mass is 16.5. The van der Waals surface area contributed by atoms with Gasteiger partial charge in [-0.2, -0.15) is 4.98 Å². The first kappa shape index (κ1) is 20.3. The van der Waals surface area contributed by atoms with Crippen molar-refractivity contribution in [1.29, 1.82) is 0 Å². The molecule has 0 aliphatic heterocycles. The van der Waals surface area contributed by atoms with Gasteiger partial charge in [0.25, 0.3) is 0 Å². The van der Waals surface area contributed by atoms with Gasteiger partial charge in [-0.1, -0.05) is 0 Å². The van der Waals surface area contributed by atoms with Crippen molar-refractivity contribution < 1.29 is 10.2 Å². The molecule has 5 rings (SSSR count). The van der Waals surface area contributed by atoms with Crippen molar-refractivity contribution in [3.8, 4) is 17.4 Å². The Morgan fingerprint density at radius 1 is 1.00 bits per heavy atom. The lowest BCUT2D eigenvalue weighted by Gasteiger charge is -2.07. The van der Waals surface area contributed by atoms with Crippen LogP contribution in [0, 0.1) is 6.92 Å². The summed E-state index contributed by atoms with van der Waals surface area (Å²) in [5, 5.41) is 0. The molecule has 9 heteroatoms. The number of hydrogen-bond donors (Lipinski definition) is 0. The van der Waals surface area contributed by atoms with Crippen molar-refractivity contribution >= 4 is 22.3 Å². The normalized spacial score (nSPS) is 11.1. The Balaban J connectivity index is 0.00000231. The first-order valence-corrected chi connectivity index (χ1v) is 9.71. The van der Waals surface area contributed by atoms with E-state index in [0.717, 1.165) is 27.9 Å². The van der Waals surface area contributed by atoms with Gasteiger partial charge in [-0.25, -0.2) is 19.3 Å². The number of rotatable bonds is 4.